The van der Waals surface area contributed by atoms with E-state index in [0.717, 1.165) is 41.9 Å². The second kappa shape index (κ2) is 8.66. The first-order chi connectivity index (χ1) is 16.4. The highest BCUT2D eigenvalue weighted by Gasteiger charge is 2.42. The predicted octanol–water partition coefficient (Wildman–Crippen LogP) is 5.52. The molecule has 0 spiro atoms. The van der Waals surface area contributed by atoms with Crippen LogP contribution in [0.5, 0.6) is 5.75 Å². The lowest BCUT2D eigenvalue weighted by atomic mass is 9.95. The molecule has 0 aliphatic carbocycles. The quantitative estimate of drug-likeness (QED) is 0.375. The van der Waals surface area contributed by atoms with Gasteiger partial charge in [-0.3, -0.25) is 4.79 Å². The zero-order valence-corrected chi connectivity index (χ0v) is 18.9. The molecule has 3 heterocycles. The minimum Gasteiger partial charge on any atom is -0.495 e. The summed E-state index contributed by atoms with van der Waals surface area (Å²) in [5, 5.41) is 0. The van der Waals surface area contributed by atoms with Gasteiger partial charge in [-0.25, -0.2) is 18.2 Å². The number of aryl methyl sites for hydroxylation is 1. The third-order valence-corrected chi connectivity index (χ3v) is 6.68. The van der Waals surface area contributed by atoms with E-state index in [2.05, 4.69) is 4.98 Å². The zero-order valence-electron chi connectivity index (χ0n) is 18.9. The normalized spacial score (nSPS) is 21.3. The van der Waals surface area contributed by atoms with Crippen molar-refractivity contribution in [2.24, 2.45) is 0 Å². The fraction of sp³-hybridized carbons (Fsp3) is 0.308. The van der Waals surface area contributed by atoms with Crippen molar-refractivity contribution in [3.63, 3.8) is 0 Å². The van der Waals surface area contributed by atoms with Crippen LogP contribution in [0.3, 0.4) is 0 Å². The minimum atomic E-state index is -1.49. The van der Waals surface area contributed by atoms with Crippen LogP contribution in [0.25, 0.3) is 11.8 Å². The molecular formula is C26H24F3N3O2. The summed E-state index contributed by atoms with van der Waals surface area (Å²) in [4.78, 5) is 19.4. The molecule has 1 amide bonds. The van der Waals surface area contributed by atoms with Crippen molar-refractivity contribution in [2.75, 3.05) is 7.11 Å². The average molecular weight is 467 g/mol. The maximum atomic E-state index is 13.9. The second-order valence-electron chi connectivity index (χ2n) is 8.82. The summed E-state index contributed by atoms with van der Waals surface area (Å²) >= 11 is 0. The van der Waals surface area contributed by atoms with Crippen LogP contribution in [0.4, 0.5) is 13.2 Å². The number of nitrogens with zero attached hydrogens (tertiary/aromatic N) is 3. The van der Waals surface area contributed by atoms with Gasteiger partial charge < -0.3 is 14.2 Å². The maximum Gasteiger partial charge on any atom is 0.250 e. The third kappa shape index (κ3) is 3.87. The molecule has 1 aromatic heterocycles. The van der Waals surface area contributed by atoms with Crippen molar-refractivity contribution in [2.45, 2.75) is 44.7 Å². The molecule has 2 fully saturated rings. The lowest BCUT2D eigenvalue weighted by Gasteiger charge is -2.35. The number of benzene rings is 2. The van der Waals surface area contributed by atoms with Crippen LogP contribution in [-0.2, 0) is 4.79 Å². The summed E-state index contributed by atoms with van der Waals surface area (Å²) in [6, 6.07) is 7.20. The van der Waals surface area contributed by atoms with Gasteiger partial charge in [-0.2, -0.15) is 0 Å². The highest BCUT2D eigenvalue weighted by Crippen LogP contribution is 2.43. The average Bonchev–Trinajstić information content (AvgIpc) is 3.45. The first kappa shape index (κ1) is 22.3. The molecule has 34 heavy (non-hydrogen) atoms. The molecule has 0 bridgehead atoms. The number of ether oxygens (including phenoxy) is 1. The first-order valence-electron chi connectivity index (χ1n) is 11.2. The zero-order chi connectivity index (χ0) is 24.0. The molecule has 8 heteroatoms. The van der Waals surface area contributed by atoms with Crippen molar-refractivity contribution in [1.82, 2.24) is 14.5 Å². The molecule has 0 saturated carbocycles. The number of imidazole rings is 1. The number of methoxy groups -OCH3 is 1. The number of hydrogen-bond donors (Lipinski definition) is 0. The minimum absolute atomic E-state index is 0.00668. The van der Waals surface area contributed by atoms with Crippen LogP contribution >= 0.6 is 0 Å². The Labute approximate surface area is 195 Å². The van der Waals surface area contributed by atoms with Crippen LogP contribution in [-0.4, -0.2) is 33.5 Å². The summed E-state index contributed by atoms with van der Waals surface area (Å²) in [6.07, 6.45) is 8.16. The molecule has 3 aromatic rings. The monoisotopic (exact) mass is 467 g/mol. The summed E-state index contributed by atoms with van der Waals surface area (Å²) < 4.78 is 48.6. The van der Waals surface area contributed by atoms with E-state index in [4.69, 9.17) is 4.74 Å². The van der Waals surface area contributed by atoms with Gasteiger partial charge in [0.05, 0.1) is 30.9 Å². The van der Waals surface area contributed by atoms with Crippen molar-refractivity contribution >= 4 is 12.0 Å². The number of hydrogen-bond acceptors (Lipinski definition) is 3. The standard InChI is InChI=1S/C26H24F3N3O2/c1-15-13-31(14-30-15)23-7-3-16(10-24(23)34-2)9-17-4-5-19-6-8-22(32(19)26(17)33)18-11-20(27)25(29)21(28)12-18/h3,7,9-14,19,22H,4-6,8H2,1-2H3/b17-9+/t19?,22-/m1/s1. The van der Waals surface area contributed by atoms with E-state index >= 15 is 0 Å². The number of carbonyl (C=O) groups excluding carboxylic acids is 1. The summed E-state index contributed by atoms with van der Waals surface area (Å²) in [6.45, 7) is 1.91. The van der Waals surface area contributed by atoms with E-state index in [-0.39, 0.29) is 17.5 Å². The summed E-state index contributed by atoms with van der Waals surface area (Å²) in [7, 11) is 1.59. The molecule has 2 aliphatic rings. The second-order valence-corrected chi connectivity index (χ2v) is 8.82. The number of carbonyl (C=O) groups is 1. The molecule has 2 saturated heterocycles. The van der Waals surface area contributed by atoms with Gasteiger partial charge in [-0.05, 0) is 74.1 Å². The highest BCUT2D eigenvalue weighted by atomic mass is 19.2. The summed E-state index contributed by atoms with van der Waals surface area (Å²) in [5.74, 6) is -3.48. The van der Waals surface area contributed by atoms with Crippen LogP contribution < -0.4 is 4.74 Å². The van der Waals surface area contributed by atoms with Gasteiger partial charge in [0.1, 0.15) is 5.75 Å². The smallest absolute Gasteiger partial charge is 0.250 e. The maximum absolute atomic E-state index is 13.9. The van der Waals surface area contributed by atoms with Gasteiger partial charge in [0, 0.05) is 17.8 Å². The Morgan fingerprint density at radius 2 is 1.85 bits per heavy atom. The Kier molecular flexibility index (Phi) is 5.67. The molecular weight excluding hydrogens is 443 g/mol. The molecule has 2 aromatic carbocycles. The Morgan fingerprint density at radius 1 is 1.09 bits per heavy atom. The van der Waals surface area contributed by atoms with E-state index in [1.54, 1.807) is 18.3 Å². The van der Waals surface area contributed by atoms with Crippen molar-refractivity contribution in [1.29, 1.82) is 0 Å². The van der Waals surface area contributed by atoms with E-state index < -0.39 is 23.5 Å². The largest absolute Gasteiger partial charge is 0.495 e. The van der Waals surface area contributed by atoms with Crippen molar-refractivity contribution in [3.8, 4) is 11.4 Å². The molecule has 2 aliphatic heterocycles. The van der Waals surface area contributed by atoms with Crippen LogP contribution in [0, 0.1) is 24.4 Å². The Morgan fingerprint density at radius 3 is 2.53 bits per heavy atom. The van der Waals surface area contributed by atoms with E-state index in [9.17, 15) is 18.0 Å². The molecule has 2 atom stereocenters. The Balaban J connectivity index is 1.44. The van der Waals surface area contributed by atoms with E-state index in [1.165, 1.54) is 0 Å². The number of halogens is 3. The Hall–Kier alpha value is -3.55. The molecule has 0 radical (unpaired) electrons. The number of fused-ring (bicyclic) bond motifs is 1. The first-order valence-corrected chi connectivity index (χ1v) is 11.2. The summed E-state index contributed by atoms with van der Waals surface area (Å²) in [5.41, 5.74) is 3.44. The molecule has 5 rings (SSSR count). The number of piperidine rings is 1. The van der Waals surface area contributed by atoms with Crippen LogP contribution in [0.15, 0.2) is 48.4 Å². The van der Waals surface area contributed by atoms with Gasteiger partial charge in [0.15, 0.2) is 17.5 Å². The van der Waals surface area contributed by atoms with Gasteiger partial charge in [-0.1, -0.05) is 6.07 Å². The van der Waals surface area contributed by atoms with Gasteiger partial charge in [0.25, 0.3) is 5.91 Å². The van der Waals surface area contributed by atoms with Gasteiger partial charge >= 0.3 is 0 Å². The highest BCUT2D eigenvalue weighted by molar-refractivity contribution is 5.99. The van der Waals surface area contributed by atoms with Gasteiger partial charge in [0.2, 0.25) is 0 Å². The van der Waals surface area contributed by atoms with Crippen molar-refractivity contribution < 1.29 is 22.7 Å². The fourth-order valence-electron chi connectivity index (χ4n) is 5.05. The SMILES string of the molecule is COc1cc(/C=C2\CCC3CC[C@H](c4cc(F)c(F)c(F)c4)N3C2=O)ccc1-n1cnc(C)c1. The van der Waals surface area contributed by atoms with Crippen LogP contribution in [0.1, 0.15) is 48.5 Å². The van der Waals surface area contributed by atoms with E-state index in [1.807, 2.05) is 42.0 Å². The molecule has 0 N–H and O–H groups in total. The molecule has 176 valence electrons. The van der Waals surface area contributed by atoms with E-state index in [0.29, 0.717) is 24.2 Å². The lowest BCUT2D eigenvalue weighted by molar-refractivity contribution is -0.131. The predicted molar refractivity (Wildman–Crippen MR) is 121 cm³/mol. The number of aromatic nitrogens is 2. The number of rotatable bonds is 4. The Bertz CT molecular complexity index is 1280. The lowest BCUT2D eigenvalue weighted by Crippen LogP contribution is -2.41. The van der Waals surface area contributed by atoms with Crippen LogP contribution in [0.2, 0.25) is 0 Å². The topological polar surface area (TPSA) is 47.4 Å². The molecule has 5 nitrogen and oxygen atoms in total. The molecule has 1 unspecified atom stereocenters. The fourth-order valence-corrected chi connectivity index (χ4v) is 5.05. The third-order valence-electron chi connectivity index (χ3n) is 6.68. The van der Waals surface area contributed by atoms with Gasteiger partial charge in [-0.15, -0.1) is 0 Å². The van der Waals surface area contributed by atoms with Crippen molar-refractivity contribution in [3.05, 3.63) is 82.7 Å². The number of amides is 1.